The maximum absolute atomic E-state index is 12.5. The lowest BCUT2D eigenvalue weighted by Crippen LogP contribution is -2.58. The van der Waals surface area contributed by atoms with Gasteiger partial charge in [0.05, 0.1) is 37.6 Å². The first-order valence-electron chi connectivity index (χ1n) is 11.4. The van der Waals surface area contributed by atoms with Gasteiger partial charge in [-0.2, -0.15) is 0 Å². The Morgan fingerprint density at radius 3 is 2.00 bits per heavy atom. The zero-order valence-corrected chi connectivity index (χ0v) is 18.6. The molecular formula is C27H32O5. The summed E-state index contributed by atoms with van der Waals surface area (Å²) in [5.41, 5.74) is 2.73. The summed E-state index contributed by atoms with van der Waals surface area (Å²) in [7, 11) is 0. The average molecular weight is 437 g/mol. The molecule has 32 heavy (non-hydrogen) atoms. The van der Waals surface area contributed by atoms with E-state index in [1.165, 1.54) is 0 Å². The van der Waals surface area contributed by atoms with Crippen molar-refractivity contribution < 1.29 is 24.5 Å². The standard InChI is InChI=1S/C27H32O5/c1-17-26(31-15-19-9-5-3-6-10-19)24-22(18(2)28)13-21(29)14-23(24)25(30)27(17)32-16-20-11-7-4-8-12-20/h3-13,17-18,23-28,30H,14-16H2,1-2H3/t17-,18+,23-,24+,25-,26-,27-/m1/s1. The van der Waals surface area contributed by atoms with Gasteiger partial charge in [-0.3, -0.25) is 4.79 Å². The lowest BCUT2D eigenvalue weighted by molar-refractivity contribution is -0.189. The molecule has 0 unspecified atom stereocenters. The first-order chi connectivity index (χ1) is 15.5. The molecular weight excluding hydrogens is 404 g/mol. The van der Waals surface area contributed by atoms with E-state index in [4.69, 9.17) is 9.47 Å². The minimum Gasteiger partial charge on any atom is -0.390 e. The largest absolute Gasteiger partial charge is 0.390 e. The van der Waals surface area contributed by atoms with Crippen molar-refractivity contribution in [3.63, 3.8) is 0 Å². The Balaban J connectivity index is 1.61. The Kier molecular flexibility index (Phi) is 7.21. The van der Waals surface area contributed by atoms with Gasteiger partial charge in [-0.1, -0.05) is 67.6 Å². The van der Waals surface area contributed by atoms with Crippen molar-refractivity contribution >= 4 is 5.78 Å². The summed E-state index contributed by atoms with van der Waals surface area (Å²) in [6, 6.07) is 19.8. The molecule has 4 rings (SSSR count). The van der Waals surface area contributed by atoms with Gasteiger partial charge in [0, 0.05) is 24.2 Å². The van der Waals surface area contributed by atoms with E-state index in [0.29, 0.717) is 18.8 Å². The highest BCUT2D eigenvalue weighted by molar-refractivity contribution is 5.92. The van der Waals surface area contributed by atoms with Gasteiger partial charge in [-0.15, -0.1) is 0 Å². The number of allylic oxidation sites excluding steroid dienone is 1. The summed E-state index contributed by atoms with van der Waals surface area (Å²) in [5.74, 6) is -0.791. The summed E-state index contributed by atoms with van der Waals surface area (Å²) < 4.78 is 12.7. The van der Waals surface area contributed by atoms with Crippen LogP contribution in [0.15, 0.2) is 72.3 Å². The molecule has 1 fully saturated rings. The van der Waals surface area contributed by atoms with Crippen LogP contribution < -0.4 is 0 Å². The third-order valence-electron chi connectivity index (χ3n) is 6.83. The van der Waals surface area contributed by atoms with Gasteiger partial charge < -0.3 is 19.7 Å². The molecule has 7 atom stereocenters. The minimum absolute atomic E-state index is 0.0700. The molecule has 2 aliphatic carbocycles. The van der Waals surface area contributed by atoms with Gasteiger partial charge in [0.15, 0.2) is 5.78 Å². The van der Waals surface area contributed by atoms with E-state index in [2.05, 4.69) is 0 Å². The van der Waals surface area contributed by atoms with Crippen molar-refractivity contribution in [1.29, 1.82) is 0 Å². The zero-order chi connectivity index (χ0) is 22.7. The monoisotopic (exact) mass is 436 g/mol. The second-order valence-corrected chi connectivity index (χ2v) is 9.05. The Hall–Kier alpha value is -2.31. The van der Waals surface area contributed by atoms with E-state index in [1.807, 2.05) is 67.6 Å². The second kappa shape index (κ2) is 10.1. The van der Waals surface area contributed by atoms with E-state index in [9.17, 15) is 15.0 Å². The Bertz CT molecular complexity index is 924. The summed E-state index contributed by atoms with van der Waals surface area (Å²) in [6.45, 7) is 4.50. The molecule has 0 spiro atoms. The maximum atomic E-state index is 12.5. The number of hydrogen-bond donors (Lipinski definition) is 2. The van der Waals surface area contributed by atoms with Gasteiger partial charge in [0.1, 0.15) is 0 Å². The van der Waals surface area contributed by atoms with Crippen molar-refractivity contribution in [2.45, 2.75) is 57.9 Å². The molecule has 5 heteroatoms. The van der Waals surface area contributed by atoms with E-state index in [-0.39, 0.29) is 36.1 Å². The van der Waals surface area contributed by atoms with Crippen LogP contribution >= 0.6 is 0 Å². The smallest absolute Gasteiger partial charge is 0.156 e. The van der Waals surface area contributed by atoms with Crippen molar-refractivity contribution in [2.24, 2.45) is 17.8 Å². The SMILES string of the molecule is C[C@H]1[C@@H](OCc2ccccc2)[C@H](O)[C@@H]2CC(=O)C=C([C@H](C)O)[C@@H]2[C@@H]1OCc1ccccc1. The molecule has 2 aliphatic rings. The van der Waals surface area contributed by atoms with E-state index < -0.39 is 18.3 Å². The first kappa shape index (κ1) is 22.9. The summed E-state index contributed by atoms with van der Waals surface area (Å²) in [5, 5.41) is 21.7. The molecule has 1 saturated carbocycles. The predicted molar refractivity (Wildman–Crippen MR) is 122 cm³/mol. The number of carbonyl (C=O) groups is 1. The van der Waals surface area contributed by atoms with Gasteiger partial charge in [-0.25, -0.2) is 0 Å². The molecule has 0 radical (unpaired) electrons. The van der Waals surface area contributed by atoms with Crippen molar-refractivity contribution in [1.82, 2.24) is 0 Å². The molecule has 5 nitrogen and oxygen atoms in total. The minimum atomic E-state index is -0.818. The lowest BCUT2D eigenvalue weighted by atomic mass is 9.62. The van der Waals surface area contributed by atoms with Crippen molar-refractivity contribution in [3.8, 4) is 0 Å². The first-order valence-corrected chi connectivity index (χ1v) is 11.4. The fourth-order valence-corrected chi connectivity index (χ4v) is 5.22. The molecule has 0 saturated heterocycles. The quantitative estimate of drug-likeness (QED) is 0.693. The topological polar surface area (TPSA) is 76.0 Å². The number of hydrogen-bond acceptors (Lipinski definition) is 5. The van der Waals surface area contributed by atoms with Gasteiger partial charge in [0.25, 0.3) is 0 Å². The number of benzene rings is 2. The predicted octanol–water partition coefficient (Wildman–Crippen LogP) is 3.68. The highest BCUT2D eigenvalue weighted by Gasteiger charge is 2.53. The normalized spacial score (nSPS) is 31.0. The molecule has 170 valence electrons. The molecule has 0 aromatic heterocycles. The van der Waals surface area contributed by atoms with Crippen LogP contribution in [0.4, 0.5) is 0 Å². The molecule has 2 N–H and O–H groups in total. The van der Waals surface area contributed by atoms with Crippen LogP contribution in [0.25, 0.3) is 0 Å². The number of carbonyl (C=O) groups excluding carboxylic acids is 1. The van der Waals surface area contributed by atoms with Gasteiger partial charge in [-0.05, 0) is 29.7 Å². The van der Waals surface area contributed by atoms with Crippen LogP contribution in [0.1, 0.15) is 31.4 Å². The number of aliphatic hydroxyl groups excluding tert-OH is 2. The third kappa shape index (κ3) is 4.86. The van der Waals surface area contributed by atoms with Crippen LogP contribution in [0.5, 0.6) is 0 Å². The van der Waals surface area contributed by atoms with E-state index in [0.717, 1.165) is 11.1 Å². The number of ether oxygens (including phenoxy) is 2. The van der Waals surface area contributed by atoms with Crippen LogP contribution in [0, 0.1) is 17.8 Å². The fourth-order valence-electron chi connectivity index (χ4n) is 5.22. The number of rotatable bonds is 7. The van der Waals surface area contributed by atoms with Crippen LogP contribution in [-0.2, 0) is 27.5 Å². The number of ketones is 1. The summed E-state index contributed by atoms with van der Waals surface area (Å²) >= 11 is 0. The summed E-state index contributed by atoms with van der Waals surface area (Å²) in [4.78, 5) is 12.5. The molecule has 0 bridgehead atoms. The number of aliphatic hydroxyl groups is 2. The zero-order valence-electron chi connectivity index (χ0n) is 18.6. The number of fused-ring (bicyclic) bond motifs is 1. The highest BCUT2D eigenvalue weighted by atomic mass is 16.5. The third-order valence-corrected chi connectivity index (χ3v) is 6.83. The lowest BCUT2D eigenvalue weighted by Gasteiger charge is -2.51. The average Bonchev–Trinajstić information content (AvgIpc) is 2.80. The van der Waals surface area contributed by atoms with E-state index >= 15 is 0 Å². The Morgan fingerprint density at radius 2 is 1.47 bits per heavy atom. The molecule has 0 aliphatic heterocycles. The second-order valence-electron chi connectivity index (χ2n) is 9.05. The molecule has 2 aromatic carbocycles. The maximum Gasteiger partial charge on any atom is 0.156 e. The molecule has 2 aromatic rings. The molecule has 0 heterocycles. The fraction of sp³-hybridized carbons (Fsp3) is 0.444. The Labute approximate surface area is 189 Å². The van der Waals surface area contributed by atoms with Crippen molar-refractivity contribution in [2.75, 3.05) is 0 Å². The Morgan fingerprint density at radius 1 is 0.938 bits per heavy atom. The van der Waals surface area contributed by atoms with Crippen molar-refractivity contribution in [3.05, 3.63) is 83.4 Å². The highest BCUT2D eigenvalue weighted by Crippen LogP contribution is 2.46. The summed E-state index contributed by atoms with van der Waals surface area (Å²) in [6.07, 6.45) is -0.588. The van der Waals surface area contributed by atoms with Crippen LogP contribution in [0.3, 0.4) is 0 Å². The van der Waals surface area contributed by atoms with E-state index in [1.54, 1.807) is 13.0 Å². The van der Waals surface area contributed by atoms with Crippen LogP contribution in [-0.4, -0.2) is 40.4 Å². The molecule has 0 amide bonds. The van der Waals surface area contributed by atoms with Crippen LogP contribution in [0.2, 0.25) is 0 Å². The van der Waals surface area contributed by atoms with Gasteiger partial charge in [0.2, 0.25) is 0 Å². The van der Waals surface area contributed by atoms with Gasteiger partial charge >= 0.3 is 0 Å².